The fraction of sp³-hybridized carbons (Fsp3) is 0.250. The maximum atomic E-state index is 13.0. The van der Waals surface area contributed by atoms with E-state index in [2.05, 4.69) is 5.32 Å². The molecule has 0 bridgehead atoms. The number of carbonyl (C=O) groups excluding carboxylic acids is 1. The summed E-state index contributed by atoms with van der Waals surface area (Å²) in [6.45, 7) is 1.77. The van der Waals surface area contributed by atoms with Crippen LogP contribution in [0.4, 0.5) is 4.39 Å². The minimum Gasteiger partial charge on any atom is -0.481 e. The minimum atomic E-state index is -1.03. The van der Waals surface area contributed by atoms with Crippen molar-refractivity contribution < 1.29 is 19.1 Å². The van der Waals surface area contributed by atoms with E-state index in [9.17, 15) is 14.0 Å². The summed E-state index contributed by atoms with van der Waals surface area (Å²) in [4.78, 5) is 24.2. The fourth-order valence-corrected chi connectivity index (χ4v) is 2.87. The van der Waals surface area contributed by atoms with Crippen LogP contribution in [0.5, 0.6) is 0 Å². The maximum Gasteiger partial charge on any atom is 0.305 e. The number of carboxylic acids is 1. The molecule has 116 valence electrons. The normalized spacial score (nSPS) is 13.4. The summed E-state index contributed by atoms with van der Waals surface area (Å²) in [6.07, 6.45) is -0.255. The number of nitrogens with one attached hydrogen (secondary N) is 1. The van der Waals surface area contributed by atoms with Crippen LogP contribution in [0.15, 0.2) is 41.8 Å². The lowest BCUT2D eigenvalue weighted by molar-refractivity contribution is -0.137. The smallest absolute Gasteiger partial charge is 0.305 e. The van der Waals surface area contributed by atoms with Crippen molar-refractivity contribution in [1.82, 2.24) is 5.32 Å². The first-order valence-electron chi connectivity index (χ1n) is 6.78. The molecule has 4 nitrogen and oxygen atoms in total. The predicted octanol–water partition coefficient (Wildman–Crippen LogP) is 3.32. The van der Waals surface area contributed by atoms with Crippen LogP contribution in [0.1, 0.15) is 35.7 Å². The van der Waals surface area contributed by atoms with E-state index in [0.717, 1.165) is 4.88 Å². The Bertz CT molecular complexity index is 640. The number of carbonyl (C=O) groups is 2. The van der Waals surface area contributed by atoms with Gasteiger partial charge in [-0.05, 0) is 36.1 Å². The Hall–Kier alpha value is -2.21. The van der Waals surface area contributed by atoms with Crippen LogP contribution >= 0.6 is 11.3 Å². The van der Waals surface area contributed by atoms with Crippen LogP contribution < -0.4 is 5.32 Å². The molecule has 1 amide bonds. The zero-order chi connectivity index (χ0) is 16.1. The summed E-state index contributed by atoms with van der Waals surface area (Å²) in [6, 6.07) is 8.50. The average molecular weight is 321 g/mol. The predicted molar refractivity (Wildman–Crippen MR) is 82.3 cm³/mol. The molecule has 1 heterocycles. The third-order valence-electron chi connectivity index (χ3n) is 3.33. The van der Waals surface area contributed by atoms with Gasteiger partial charge in [-0.3, -0.25) is 9.59 Å². The maximum absolute atomic E-state index is 13.0. The van der Waals surface area contributed by atoms with Gasteiger partial charge in [-0.15, -0.1) is 11.3 Å². The van der Waals surface area contributed by atoms with Crippen molar-refractivity contribution in [1.29, 1.82) is 0 Å². The molecular weight excluding hydrogens is 305 g/mol. The summed E-state index contributed by atoms with van der Waals surface area (Å²) < 4.78 is 13.0. The first-order chi connectivity index (χ1) is 10.5. The first kappa shape index (κ1) is 16.2. The summed E-state index contributed by atoms with van der Waals surface area (Å²) in [5.41, 5.74) is 0.565. The summed E-state index contributed by atoms with van der Waals surface area (Å²) >= 11 is 1.47. The Morgan fingerprint density at radius 3 is 2.50 bits per heavy atom. The molecule has 0 aliphatic heterocycles. The molecule has 0 saturated carbocycles. The second kappa shape index (κ2) is 7.17. The number of benzene rings is 1. The van der Waals surface area contributed by atoms with Gasteiger partial charge in [0.1, 0.15) is 5.82 Å². The monoisotopic (exact) mass is 321 g/mol. The molecule has 2 atom stereocenters. The molecule has 1 aromatic carbocycles. The summed E-state index contributed by atoms with van der Waals surface area (Å²) in [7, 11) is 0. The van der Waals surface area contributed by atoms with Crippen LogP contribution in [-0.2, 0) is 9.59 Å². The molecular formula is C16H16FNO3S. The number of halogens is 1. The average Bonchev–Trinajstić information content (AvgIpc) is 3.00. The molecule has 2 unspecified atom stereocenters. The standard InChI is InChI=1S/C16H16FNO3S/c1-10(14-3-2-8-22-14)16(21)18-13(9-15(19)20)11-4-6-12(17)7-5-11/h2-8,10,13H,9H2,1H3,(H,18,21)(H,19,20). The number of hydrogen-bond acceptors (Lipinski definition) is 3. The lowest BCUT2D eigenvalue weighted by atomic mass is 10.0. The quantitative estimate of drug-likeness (QED) is 0.857. The highest BCUT2D eigenvalue weighted by atomic mass is 32.1. The van der Waals surface area contributed by atoms with Crippen LogP contribution in [0.2, 0.25) is 0 Å². The number of carboxylic acid groups (broad SMARTS) is 1. The summed E-state index contributed by atoms with van der Waals surface area (Å²) in [5.74, 6) is -2.05. The second-order valence-electron chi connectivity index (χ2n) is 4.95. The number of rotatable bonds is 6. The highest BCUT2D eigenvalue weighted by Gasteiger charge is 2.22. The molecule has 0 fully saturated rings. The van der Waals surface area contributed by atoms with Gasteiger partial charge >= 0.3 is 5.97 Å². The van der Waals surface area contributed by atoms with E-state index in [0.29, 0.717) is 5.56 Å². The zero-order valence-electron chi connectivity index (χ0n) is 12.0. The van der Waals surface area contributed by atoms with Crippen molar-refractivity contribution in [3.05, 3.63) is 58.0 Å². The largest absolute Gasteiger partial charge is 0.481 e. The molecule has 22 heavy (non-hydrogen) atoms. The van der Waals surface area contributed by atoms with E-state index in [1.54, 1.807) is 6.92 Å². The lowest BCUT2D eigenvalue weighted by Crippen LogP contribution is -2.33. The van der Waals surface area contributed by atoms with E-state index in [-0.39, 0.29) is 18.2 Å². The molecule has 0 saturated heterocycles. The molecule has 6 heteroatoms. The third-order valence-corrected chi connectivity index (χ3v) is 4.39. The SMILES string of the molecule is CC(C(=O)NC(CC(=O)O)c1ccc(F)cc1)c1cccs1. The Morgan fingerprint density at radius 2 is 1.95 bits per heavy atom. The van der Waals surface area contributed by atoms with E-state index >= 15 is 0 Å². The molecule has 0 radical (unpaired) electrons. The van der Waals surface area contributed by atoms with E-state index in [4.69, 9.17) is 5.11 Å². The van der Waals surface area contributed by atoms with Gasteiger partial charge in [0.15, 0.2) is 0 Å². The van der Waals surface area contributed by atoms with Crippen LogP contribution in [-0.4, -0.2) is 17.0 Å². The van der Waals surface area contributed by atoms with Crippen molar-refractivity contribution >= 4 is 23.2 Å². The number of amides is 1. The molecule has 0 aliphatic rings. The van der Waals surface area contributed by atoms with Crippen LogP contribution in [0.3, 0.4) is 0 Å². The van der Waals surface area contributed by atoms with Gasteiger partial charge in [0.2, 0.25) is 5.91 Å². The Kier molecular flexibility index (Phi) is 5.27. The third kappa shape index (κ3) is 4.14. The lowest BCUT2D eigenvalue weighted by Gasteiger charge is -2.20. The van der Waals surface area contributed by atoms with Gasteiger partial charge in [0.05, 0.1) is 18.4 Å². The molecule has 2 aromatic rings. The number of thiophene rings is 1. The zero-order valence-corrected chi connectivity index (χ0v) is 12.8. The molecule has 2 rings (SSSR count). The van der Waals surface area contributed by atoms with Crippen molar-refractivity contribution in [2.75, 3.05) is 0 Å². The molecule has 0 spiro atoms. The first-order valence-corrected chi connectivity index (χ1v) is 7.66. The topological polar surface area (TPSA) is 66.4 Å². The minimum absolute atomic E-state index is 0.252. The van der Waals surface area contributed by atoms with E-state index in [1.165, 1.54) is 35.6 Å². The van der Waals surface area contributed by atoms with Crippen LogP contribution in [0, 0.1) is 5.82 Å². The molecule has 0 aliphatic carbocycles. The van der Waals surface area contributed by atoms with Crippen molar-refractivity contribution in [2.45, 2.75) is 25.3 Å². The summed E-state index contributed by atoms with van der Waals surface area (Å²) in [5, 5.41) is 13.6. The fourth-order valence-electron chi connectivity index (χ4n) is 2.09. The van der Waals surface area contributed by atoms with Gasteiger partial charge in [-0.1, -0.05) is 18.2 Å². The van der Waals surface area contributed by atoms with Crippen molar-refractivity contribution in [3.8, 4) is 0 Å². The molecule has 2 N–H and O–H groups in total. The second-order valence-corrected chi connectivity index (χ2v) is 5.93. The van der Waals surface area contributed by atoms with Gasteiger partial charge in [-0.2, -0.15) is 0 Å². The number of hydrogen-bond donors (Lipinski definition) is 2. The van der Waals surface area contributed by atoms with Crippen molar-refractivity contribution in [2.24, 2.45) is 0 Å². The Labute approximate surface area is 131 Å². The highest BCUT2D eigenvalue weighted by molar-refractivity contribution is 7.10. The van der Waals surface area contributed by atoms with Crippen LogP contribution in [0.25, 0.3) is 0 Å². The number of aliphatic carboxylic acids is 1. The Morgan fingerprint density at radius 1 is 1.27 bits per heavy atom. The van der Waals surface area contributed by atoms with Gasteiger partial charge in [0, 0.05) is 4.88 Å². The van der Waals surface area contributed by atoms with Gasteiger partial charge in [-0.25, -0.2) is 4.39 Å². The van der Waals surface area contributed by atoms with Gasteiger partial charge < -0.3 is 10.4 Å². The van der Waals surface area contributed by atoms with Gasteiger partial charge in [0.25, 0.3) is 0 Å². The van der Waals surface area contributed by atoms with E-state index in [1.807, 2.05) is 17.5 Å². The molecule has 1 aromatic heterocycles. The highest BCUT2D eigenvalue weighted by Crippen LogP contribution is 2.23. The van der Waals surface area contributed by atoms with Crippen molar-refractivity contribution in [3.63, 3.8) is 0 Å². The Balaban J connectivity index is 2.14. The van der Waals surface area contributed by atoms with E-state index < -0.39 is 17.8 Å².